The molecule has 1 fully saturated rings. The van der Waals surface area contributed by atoms with Gasteiger partial charge < -0.3 is 15.0 Å². The van der Waals surface area contributed by atoms with Gasteiger partial charge in [0.05, 0.1) is 12.2 Å². The van der Waals surface area contributed by atoms with Crippen LogP contribution in [0.5, 0.6) is 5.75 Å². The van der Waals surface area contributed by atoms with Gasteiger partial charge in [-0.05, 0) is 79.5 Å². The minimum absolute atomic E-state index is 0.0972. The summed E-state index contributed by atoms with van der Waals surface area (Å²) in [4.78, 5) is 30.0. The SMILES string of the molecule is O=C(NCCN1CCCC1)c1ccc(/C=C2\Oc3ccccc3N(Cc3cccc(Cl)c3)C2=O)cc1. The van der Waals surface area contributed by atoms with Crippen LogP contribution >= 0.6 is 11.6 Å². The predicted octanol–water partition coefficient (Wildman–Crippen LogP) is 5.13. The number of fused-ring (bicyclic) bond motifs is 1. The molecular formula is C29H28ClN3O3. The summed E-state index contributed by atoms with van der Waals surface area (Å²) < 4.78 is 5.98. The Morgan fingerprint density at radius 1 is 1.00 bits per heavy atom. The smallest absolute Gasteiger partial charge is 0.294 e. The highest BCUT2D eigenvalue weighted by Crippen LogP contribution is 2.36. The average Bonchev–Trinajstić information content (AvgIpc) is 3.40. The first-order valence-corrected chi connectivity index (χ1v) is 12.6. The van der Waals surface area contributed by atoms with Gasteiger partial charge in [0, 0.05) is 23.7 Å². The summed E-state index contributed by atoms with van der Waals surface area (Å²) in [6.45, 7) is 4.10. The monoisotopic (exact) mass is 501 g/mol. The van der Waals surface area contributed by atoms with Crippen LogP contribution in [0.25, 0.3) is 6.08 Å². The van der Waals surface area contributed by atoms with E-state index in [-0.39, 0.29) is 17.6 Å². The van der Waals surface area contributed by atoms with Crippen molar-refractivity contribution in [1.82, 2.24) is 10.2 Å². The second-order valence-corrected chi connectivity index (χ2v) is 9.46. The first-order chi connectivity index (χ1) is 17.6. The Labute approximate surface area is 216 Å². The molecule has 0 spiro atoms. The van der Waals surface area contributed by atoms with Crippen molar-refractivity contribution in [3.63, 3.8) is 0 Å². The predicted molar refractivity (Wildman–Crippen MR) is 142 cm³/mol. The van der Waals surface area contributed by atoms with Gasteiger partial charge in [0.2, 0.25) is 0 Å². The van der Waals surface area contributed by atoms with E-state index in [4.69, 9.17) is 16.3 Å². The van der Waals surface area contributed by atoms with Crippen molar-refractivity contribution < 1.29 is 14.3 Å². The molecule has 0 aromatic heterocycles. The molecule has 7 heteroatoms. The van der Waals surface area contributed by atoms with Crippen LogP contribution < -0.4 is 15.0 Å². The Hall–Kier alpha value is -3.61. The number of likely N-dealkylation sites (tertiary alicyclic amines) is 1. The fourth-order valence-corrected chi connectivity index (χ4v) is 4.77. The van der Waals surface area contributed by atoms with Crippen LogP contribution in [0, 0.1) is 0 Å². The molecule has 1 N–H and O–H groups in total. The summed E-state index contributed by atoms with van der Waals surface area (Å²) >= 11 is 6.16. The molecule has 2 heterocycles. The summed E-state index contributed by atoms with van der Waals surface area (Å²) in [6.07, 6.45) is 4.18. The van der Waals surface area contributed by atoms with Crippen LogP contribution in [0.15, 0.2) is 78.6 Å². The first kappa shape index (κ1) is 24.1. The Kier molecular flexibility index (Phi) is 7.35. The van der Waals surface area contributed by atoms with Crippen molar-refractivity contribution in [2.24, 2.45) is 0 Å². The molecule has 0 saturated carbocycles. The fraction of sp³-hybridized carbons (Fsp3) is 0.241. The molecule has 6 nitrogen and oxygen atoms in total. The van der Waals surface area contributed by atoms with E-state index < -0.39 is 0 Å². The Morgan fingerprint density at radius 2 is 1.78 bits per heavy atom. The lowest BCUT2D eigenvalue weighted by Crippen LogP contribution is -2.36. The number of carbonyl (C=O) groups excluding carboxylic acids is 2. The minimum atomic E-state index is -0.239. The van der Waals surface area contributed by atoms with Crippen molar-refractivity contribution in [1.29, 1.82) is 0 Å². The molecule has 2 aliphatic rings. The van der Waals surface area contributed by atoms with E-state index in [0.29, 0.717) is 35.1 Å². The lowest BCUT2D eigenvalue weighted by molar-refractivity contribution is -0.117. The zero-order valence-corrected chi connectivity index (χ0v) is 20.7. The van der Waals surface area contributed by atoms with Crippen LogP contribution in [0.3, 0.4) is 0 Å². The van der Waals surface area contributed by atoms with Crippen LogP contribution in [0.2, 0.25) is 5.02 Å². The Morgan fingerprint density at radius 3 is 2.56 bits per heavy atom. The number of benzene rings is 3. The lowest BCUT2D eigenvalue weighted by atomic mass is 10.1. The van der Waals surface area contributed by atoms with Gasteiger partial charge in [-0.3, -0.25) is 14.5 Å². The van der Waals surface area contributed by atoms with Crippen molar-refractivity contribution in [2.45, 2.75) is 19.4 Å². The van der Waals surface area contributed by atoms with E-state index in [0.717, 1.165) is 30.8 Å². The lowest BCUT2D eigenvalue weighted by Gasteiger charge is -2.30. The third kappa shape index (κ3) is 5.61. The van der Waals surface area contributed by atoms with Crippen LogP contribution in [-0.4, -0.2) is 42.9 Å². The number of carbonyl (C=O) groups is 2. The zero-order chi connectivity index (χ0) is 24.9. The summed E-state index contributed by atoms with van der Waals surface area (Å²) in [5.74, 6) is 0.496. The summed E-state index contributed by atoms with van der Waals surface area (Å²) in [5.41, 5.74) is 2.99. The third-order valence-corrected chi connectivity index (χ3v) is 6.68. The van der Waals surface area contributed by atoms with Gasteiger partial charge in [-0.15, -0.1) is 0 Å². The van der Waals surface area contributed by atoms with Crippen LogP contribution in [0.4, 0.5) is 5.69 Å². The molecule has 0 bridgehead atoms. The number of nitrogens with one attached hydrogen (secondary N) is 1. The molecule has 0 radical (unpaired) electrons. The number of para-hydroxylation sites is 2. The second-order valence-electron chi connectivity index (χ2n) is 9.03. The van der Waals surface area contributed by atoms with E-state index in [2.05, 4.69) is 10.2 Å². The van der Waals surface area contributed by atoms with Crippen LogP contribution in [-0.2, 0) is 11.3 Å². The maximum absolute atomic E-state index is 13.4. The number of rotatable bonds is 7. The van der Waals surface area contributed by atoms with Gasteiger partial charge in [0.25, 0.3) is 11.8 Å². The van der Waals surface area contributed by atoms with E-state index >= 15 is 0 Å². The molecule has 1 saturated heterocycles. The van der Waals surface area contributed by atoms with Gasteiger partial charge >= 0.3 is 0 Å². The number of halogens is 1. The first-order valence-electron chi connectivity index (χ1n) is 12.2. The zero-order valence-electron chi connectivity index (χ0n) is 20.0. The largest absolute Gasteiger partial charge is 0.449 e. The summed E-state index contributed by atoms with van der Waals surface area (Å²) in [6, 6.07) is 22.1. The maximum Gasteiger partial charge on any atom is 0.294 e. The maximum atomic E-state index is 13.4. The number of nitrogens with zero attached hydrogens (tertiary/aromatic N) is 2. The van der Waals surface area contributed by atoms with E-state index in [1.165, 1.54) is 12.8 Å². The quantitative estimate of drug-likeness (QED) is 0.456. The summed E-state index contributed by atoms with van der Waals surface area (Å²) in [7, 11) is 0. The van der Waals surface area contributed by atoms with Gasteiger partial charge in [0.1, 0.15) is 0 Å². The minimum Gasteiger partial charge on any atom is -0.449 e. The fourth-order valence-electron chi connectivity index (χ4n) is 4.55. The molecule has 3 aromatic carbocycles. The highest BCUT2D eigenvalue weighted by Gasteiger charge is 2.30. The molecule has 36 heavy (non-hydrogen) atoms. The van der Waals surface area contributed by atoms with Crippen molar-refractivity contribution in [3.8, 4) is 5.75 Å². The Balaban J connectivity index is 1.30. The standard InChI is InChI=1S/C29H28ClN3O3/c30-24-7-5-6-22(18-24)20-33-25-8-1-2-9-26(25)36-27(29(33)35)19-21-10-12-23(13-11-21)28(34)31-14-17-32-15-3-4-16-32/h1-2,5-13,18-19H,3-4,14-17,20H2,(H,31,34)/b27-19-. The molecule has 0 unspecified atom stereocenters. The van der Waals surface area contributed by atoms with E-state index in [1.54, 1.807) is 23.1 Å². The number of anilines is 1. The molecule has 3 aromatic rings. The Bertz CT molecular complexity index is 1280. The highest BCUT2D eigenvalue weighted by atomic mass is 35.5. The molecule has 2 aliphatic heterocycles. The number of hydrogen-bond donors (Lipinski definition) is 1. The third-order valence-electron chi connectivity index (χ3n) is 6.44. The van der Waals surface area contributed by atoms with Crippen molar-refractivity contribution in [3.05, 3.63) is 100 Å². The molecule has 0 aliphatic carbocycles. The van der Waals surface area contributed by atoms with Gasteiger partial charge in [-0.2, -0.15) is 0 Å². The molecule has 0 atom stereocenters. The number of hydrogen-bond acceptors (Lipinski definition) is 4. The topological polar surface area (TPSA) is 61.9 Å². The van der Waals surface area contributed by atoms with E-state index in [1.807, 2.05) is 60.7 Å². The number of amides is 2. The van der Waals surface area contributed by atoms with Gasteiger partial charge in [0.15, 0.2) is 11.5 Å². The summed E-state index contributed by atoms with van der Waals surface area (Å²) in [5, 5.41) is 3.61. The van der Waals surface area contributed by atoms with Crippen molar-refractivity contribution in [2.75, 3.05) is 31.1 Å². The molecular weight excluding hydrogens is 474 g/mol. The number of ether oxygens (including phenoxy) is 1. The average molecular weight is 502 g/mol. The van der Waals surface area contributed by atoms with E-state index in [9.17, 15) is 9.59 Å². The van der Waals surface area contributed by atoms with Crippen molar-refractivity contribution >= 4 is 35.2 Å². The van der Waals surface area contributed by atoms with Gasteiger partial charge in [-0.25, -0.2) is 0 Å². The highest BCUT2D eigenvalue weighted by molar-refractivity contribution is 6.30. The molecule has 2 amide bonds. The normalized spacial score (nSPS) is 16.6. The van der Waals surface area contributed by atoms with Gasteiger partial charge in [-0.1, -0.05) is 48.0 Å². The second kappa shape index (κ2) is 11.0. The molecule has 5 rings (SSSR count). The molecule has 184 valence electrons. The van der Waals surface area contributed by atoms with Crippen LogP contribution in [0.1, 0.15) is 34.3 Å².